The maximum absolute atomic E-state index is 2.63. The predicted molar refractivity (Wildman–Crippen MR) is 117 cm³/mol. The first-order chi connectivity index (χ1) is 12.8. The second-order valence-electron chi connectivity index (χ2n) is 8.29. The summed E-state index contributed by atoms with van der Waals surface area (Å²) in [7, 11) is 0. The lowest BCUT2D eigenvalue weighted by Crippen LogP contribution is -2.39. The standard InChI is InChI=1S/C24H48N2/c1-4-7-9-11-12-13-14-15-17-19-24-25(20-6-3)22-23-26(24)21-18-16-10-8-5-2/h22-24H,4-21H2,1-3H3. The van der Waals surface area contributed by atoms with Gasteiger partial charge >= 0.3 is 0 Å². The quantitative estimate of drug-likeness (QED) is 0.230. The molecule has 2 heteroatoms. The first-order valence-electron chi connectivity index (χ1n) is 12.0. The molecule has 0 radical (unpaired) electrons. The normalized spacial score (nSPS) is 16.8. The fourth-order valence-electron chi connectivity index (χ4n) is 4.13. The highest BCUT2D eigenvalue weighted by atomic mass is 15.4. The Morgan fingerprint density at radius 2 is 0.962 bits per heavy atom. The Bertz CT molecular complexity index is 326. The lowest BCUT2D eigenvalue weighted by Gasteiger charge is -2.33. The van der Waals surface area contributed by atoms with Gasteiger partial charge in [-0.3, -0.25) is 0 Å². The summed E-state index contributed by atoms with van der Waals surface area (Å²) >= 11 is 0. The molecule has 1 heterocycles. The molecule has 0 bridgehead atoms. The van der Waals surface area contributed by atoms with E-state index in [2.05, 4.69) is 43.0 Å². The lowest BCUT2D eigenvalue weighted by atomic mass is 10.1. The molecule has 154 valence electrons. The molecule has 1 unspecified atom stereocenters. The highest BCUT2D eigenvalue weighted by Gasteiger charge is 2.24. The SMILES string of the molecule is CCCCCCCCCCCC1N(CCC)C=CN1CCCCCCC. The minimum Gasteiger partial charge on any atom is -0.356 e. The van der Waals surface area contributed by atoms with Gasteiger partial charge in [0.1, 0.15) is 6.17 Å². The van der Waals surface area contributed by atoms with Crippen molar-refractivity contribution < 1.29 is 0 Å². The summed E-state index contributed by atoms with van der Waals surface area (Å²) in [5, 5.41) is 0. The van der Waals surface area contributed by atoms with E-state index < -0.39 is 0 Å². The van der Waals surface area contributed by atoms with E-state index in [1.165, 1.54) is 116 Å². The van der Waals surface area contributed by atoms with Gasteiger partial charge < -0.3 is 9.80 Å². The molecule has 0 amide bonds. The van der Waals surface area contributed by atoms with Gasteiger partial charge in [0, 0.05) is 25.5 Å². The van der Waals surface area contributed by atoms with Crippen LogP contribution in [0, 0.1) is 0 Å². The molecule has 1 atom stereocenters. The van der Waals surface area contributed by atoms with Crippen LogP contribution < -0.4 is 0 Å². The van der Waals surface area contributed by atoms with Crippen LogP contribution in [-0.4, -0.2) is 29.1 Å². The average molecular weight is 365 g/mol. The molecule has 0 saturated heterocycles. The lowest BCUT2D eigenvalue weighted by molar-refractivity contribution is 0.137. The van der Waals surface area contributed by atoms with E-state index >= 15 is 0 Å². The van der Waals surface area contributed by atoms with E-state index in [1.54, 1.807) is 0 Å². The number of hydrogen-bond donors (Lipinski definition) is 0. The van der Waals surface area contributed by atoms with Gasteiger partial charge in [-0.1, -0.05) is 97.8 Å². The van der Waals surface area contributed by atoms with E-state index in [4.69, 9.17) is 0 Å². The fourth-order valence-corrected chi connectivity index (χ4v) is 4.13. The van der Waals surface area contributed by atoms with E-state index in [0.29, 0.717) is 6.17 Å². The molecule has 0 spiro atoms. The van der Waals surface area contributed by atoms with Gasteiger partial charge in [-0.2, -0.15) is 0 Å². The first kappa shape index (κ1) is 23.4. The molecule has 0 saturated carbocycles. The molecule has 0 aromatic rings. The molecule has 0 aliphatic carbocycles. The van der Waals surface area contributed by atoms with Gasteiger partial charge in [0.2, 0.25) is 0 Å². The summed E-state index contributed by atoms with van der Waals surface area (Å²) in [4.78, 5) is 5.23. The third kappa shape index (κ3) is 10.5. The van der Waals surface area contributed by atoms with Crippen LogP contribution in [0.3, 0.4) is 0 Å². The van der Waals surface area contributed by atoms with Crippen molar-refractivity contribution in [1.29, 1.82) is 0 Å². The van der Waals surface area contributed by atoms with Crippen molar-refractivity contribution in [1.82, 2.24) is 9.80 Å². The van der Waals surface area contributed by atoms with Gasteiger partial charge in [0.15, 0.2) is 0 Å². The van der Waals surface area contributed by atoms with E-state index in [1.807, 2.05) is 0 Å². The van der Waals surface area contributed by atoms with Gasteiger partial charge in [-0.15, -0.1) is 0 Å². The molecule has 26 heavy (non-hydrogen) atoms. The summed E-state index contributed by atoms with van der Waals surface area (Å²) in [5.41, 5.74) is 0. The predicted octanol–water partition coefficient (Wildman–Crippen LogP) is 7.70. The molecule has 0 aromatic carbocycles. The van der Waals surface area contributed by atoms with Crippen molar-refractivity contribution in [2.24, 2.45) is 0 Å². The molecule has 0 aromatic heterocycles. The Hall–Kier alpha value is -0.660. The second-order valence-corrected chi connectivity index (χ2v) is 8.29. The fraction of sp³-hybridized carbons (Fsp3) is 0.917. The molecule has 1 rings (SSSR count). The topological polar surface area (TPSA) is 6.48 Å². The molecule has 1 aliphatic heterocycles. The van der Waals surface area contributed by atoms with E-state index in [0.717, 1.165) is 0 Å². The van der Waals surface area contributed by atoms with Crippen LogP contribution in [0.4, 0.5) is 0 Å². The monoisotopic (exact) mass is 364 g/mol. The van der Waals surface area contributed by atoms with Crippen LogP contribution in [0.2, 0.25) is 0 Å². The van der Waals surface area contributed by atoms with E-state index in [-0.39, 0.29) is 0 Å². The minimum absolute atomic E-state index is 0.644. The van der Waals surface area contributed by atoms with Crippen molar-refractivity contribution in [2.45, 2.75) is 130 Å². The third-order valence-electron chi connectivity index (χ3n) is 5.78. The first-order valence-corrected chi connectivity index (χ1v) is 12.0. The summed E-state index contributed by atoms with van der Waals surface area (Å²) in [6.45, 7) is 9.37. The summed E-state index contributed by atoms with van der Waals surface area (Å²) in [5.74, 6) is 0. The Morgan fingerprint density at radius 3 is 1.50 bits per heavy atom. The molecule has 1 aliphatic rings. The third-order valence-corrected chi connectivity index (χ3v) is 5.78. The van der Waals surface area contributed by atoms with Crippen molar-refractivity contribution in [3.8, 4) is 0 Å². The van der Waals surface area contributed by atoms with Crippen molar-refractivity contribution in [2.75, 3.05) is 13.1 Å². The van der Waals surface area contributed by atoms with Crippen molar-refractivity contribution >= 4 is 0 Å². The maximum Gasteiger partial charge on any atom is 0.101 e. The number of hydrogen-bond acceptors (Lipinski definition) is 2. The van der Waals surface area contributed by atoms with Gasteiger partial charge in [-0.25, -0.2) is 0 Å². The second kappa shape index (κ2) is 16.5. The number of rotatable bonds is 18. The van der Waals surface area contributed by atoms with Crippen LogP contribution in [0.15, 0.2) is 12.4 Å². The van der Waals surface area contributed by atoms with Crippen LogP contribution in [0.5, 0.6) is 0 Å². The zero-order chi connectivity index (χ0) is 18.9. The van der Waals surface area contributed by atoms with Gasteiger partial charge in [0.05, 0.1) is 0 Å². The Balaban J connectivity index is 2.17. The summed E-state index contributed by atoms with van der Waals surface area (Å²) < 4.78 is 0. The minimum atomic E-state index is 0.644. The molecule has 2 nitrogen and oxygen atoms in total. The zero-order valence-corrected chi connectivity index (χ0v) is 18.4. The van der Waals surface area contributed by atoms with E-state index in [9.17, 15) is 0 Å². The largest absolute Gasteiger partial charge is 0.356 e. The van der Waals surface area contributed by atoms with Crippen molar-refractivity contribution in [3.05, 3.63) is 12.4 Å². The summed E-state index contributed by atoms with van der Waals surface area (Å²) in [6.07, 6.45) is 27.7. The van der Waals surface area contributed by atoms with Crippen LogP contribution in [-0.2, 0) is 0 Å². The summed E-state index contributed by atoms with van der Waals surface area (Å²) in [6, 6.07) is 0. The van der Waals surface area contributed by atoms with Gasteiger partial charge in [0.25, 0.3) is 0 Å². The smallest absolute Gasteiger partial charge is 0.101 e. The molecular weight excluding hydrogens is 316 g/mol. The Labute approximate surface area is 165 Å². The highest BCUT2D eigenvalue weighted by Crippen LogP contribution is 2.23. The Kier molecular flexibility index (Phi) is 14.8. The Morgan fingerprint density at radius 1 is 0.500 bits per heavy atom. The van der Waals surface area contributed by atoms with Crippen molar-refractivity contribution in [3.63, 3.8) is 0 Å². The molecular formula is C24H48N2. The van der Waals surface area contributed by atoms with Crippen LogP contribution in [0.1, 0.15) is 124 Å². The zero-order valence-electron chi connectivity index (χ0n) is 18.4. The van der Waals surface area contributed by atoms with Crippen LogP contribution in [0.25, 0.3) is 0 Å². The maximum atomic E-state index is 2.63. The average Bonchev–Trinajstić information content (AvgIpc) is 3.02. The molecule has 0 fully saturated rings. The van der Waals surface area contributed by atoms with Gasteiger partial charge in [-0.05, 0) is 25.7 Å². The van der Waals surface area contributed by atoms with Crippen LogP contribution >= 0.6 is 0 Å². The number of nitrogens with zero attached hydrogens (tertiary/aromatic N) is 2. The highest BCUT2D eigenvalue weighted by molar-refractivity contribution is 4.96. The molecule has 0 N–H and O–H groups in total. The number of unbranched alkanes of at least 4 members (excludes halogenated alkanes) is 12.